The van der Waals surface area contributed by atoms with Gasteiger partial charge in [0.05, 0.1) is 17.2 Å². The lowest BCUT2D eigenvalue weighted by Crippen LogP contribution is -2.35. The monoisotopic (exact) mass is 420 g/mol. The van der Waals surface area contributed by atoms with Gasteiger partial charge in [0.1, 0.15) is 11.6 Å². The first kappa shape index (κ1) is 21.3. The summed E-state index contributed by atoms with van der Waals surface area (Å²) in [7, 11) is -3.67. The number of hydrogen-bond donors (Lipinski definition) is 1. The lowest BCUT2D eigenvalue weighted by molar-refractivity contribution is 0.102. The highest BCUT2D eigenvalue weighted by Gasteiger charge is 2.27. The quantitative estimate of drug-likeness (QED) is 0.768. The second-order valence-corrected chi connectivity index (χ2v) is 8.91. The van der Waals surface area contributed by atoms with E-state index in [2.05, 4.69) is 5.32 Å². The zero-order chi connectivity index (χ0) is 21.0. The van der Waals surface area contributed by atoms with Gasteiger partial charge in [-0.2, -0.15) is 4.31 Å². The second-order valence-electron chi connectivity index (χ2n) is 6.97. The molecule has 1 heterocycles. The van der Waals surface area contributed by atoms with E-state index in [1.807, 2.05) is 0 Å². The summed E-state index contributed by atoms with van der Waals surface area (Å²) in [6.07, 6.45) is 2.68. The molecule has 0 spiro atoms. The summed E-state index contributed by atoms with van der Waals surface area (Å²) in [4.78, 5) is 12.8. The molecule has 2 aromatic rings. The van der Waals surface area contributed by atoms with E-state index >= 15 is 0 Å². The minimum Gasteiger partial charge on any atom is -0.492 e. The SMILES string of the molecule is CCOc1ccc(S(=O)(=O)N2CCCCC2)cc1NC(=O)c1cc(F)ccc1C. The first-order chi connectivity index (χ1) is 13.8. The molecule has 0 aliphatic carbocycles. The van der Waals surface area contributed by atoms with Gasteiger partial charge < -0.3 is 10.1 Å². The molecule has 0 aromatic heterocycles. The summed E-state index contributed by atoms with van der Waals surface area (Å²) in [6.45, 7) is 4.81. The van der Waals surface area contributed by atoms with Crippen LogP contribution in [0.5, 0.6) is 5.75 Å². The number of rotatable bonds is 6. The summed E-state index contributed by atoms with van der Waals surface area (Å²) in [5, 5.41) is 2.68. The molecule has 156 valence electrons. The minimum atomic E-state index is -3.67. The average molecular weight is 421 g/mol. The van der Waals surface area contributed by atoms with Crippen LogP contribution in [0, 0.1) is 12.7 Å². The lowest BCUT2D eigenvalue weighted by Gasteiger charge is -2.26. The molecule has 2 aromatic carbocycles. The fourth-order valence-corrected chi connectivity index (χ4v) is 4.88. The van der Waals surface area contributed by atoms with E-state index in [4.69, 9.17) is 4.74 Å². The second kappa shape index (κ2) is 8.92. The standard InChI is InChI=1S/C21H25FN2O4S/c1-3-28-20-10-9-17(29(26,27)24-11-5-4-6-12-24)14-19(20)23-21(25)18-13-16(22)8-7-15(18)2/h7-10,13-14H,3-6,11-12H2,1-2H3,(H,23,25). The molecule has 0 atom stereocenters. The van der Waals surface area contributed by atoms with Crippen molar-refractivity contribution in [1.82, 2.24) is 4.31 Å². The number of piperidine rings is 1. The minimum absolute atomic E-state index is 0.0918. The molecule has 1 aliphatic heterocycles. The molecule has 0 bridgehead atoms. The van der Waals surface area contributed by atoms with Crippen molar-refractivity contribution in [3.05, 3.63) is 53.3 Å². The van der Waals surface area contributed by atoms with E-state index in [1.54, 1.807) is 13.8 Å². The molecular formula is C21H25FN2O4S. The van der Waals surface area contributed by atoms with Gasteiger partial charge in [-0.05, 0) is 62.6 Å². The van der Waals surface area contributed by atoms with Gasteiger partial charge in [-0.15, -0.1) is 0 Å². The average Bonchev–Trinajstić information content (AvgIpc) is 2.71. The predicted molar refractivity (Wildman–Crippen MR) is 109 cm³/mol. The van der Waals surface area contributed by atoms with Crippen molar-refractivity contribution in [1.29, 1.82) is 0 Å². The van der Waals surface area contributed by atoms with Crippen molar-refractivity contribution in [2.75, 3.05) is 25.0 Å². The Hall–Kier alpha value is -2.45. The van der Waals surface area contributed by atoms with Gasteiger partial charge >= 0.3 is 0 Å². The number of carbonyl (C=O) groups is 1. The molecular weight excluding hydrogens is 395 g/mol. The highest BCUT2D eigenvalue weighted by molar-refractivity contribution is 7.89. The fraction of sp³-hybridized carbons (Fsp3) is 0.381. The summed E-state index contributed by atoms with van der Waals surface area (Å²) in [5.41, 5.74) is 1.02. The molecule has 6 nitrogen and oxygen atoms in total. The normalized spacial score (nSPS) is 15.1. The Kier molecular flexibility index (Phi) is 6.54. The van der Waals surface area contributed by atoms with Crippen LogP contribution in [0.4, 0.5) is 10.1 Å². The van der Waals surface area contributed by atoms with Crippen LogP contribution in [0.1, 0.15) is 42.1 Å². The molecule has 0 radical (unpaired) electrons. The van der Waals surface area contributed by atoms with Crippen LogP contribution >= 0.6 is 0 Å². The number of sulfonamides is 1. The number of nitrogens with one attached hydrogen (secondary N) is 1. The van der Waals surface area contributed by atoms with Crippen LogP contribution < -0.4 is 10.1 Å². The Morgan fingerprint density at radius 2 is 1.86 bits per heavy atom. The Labute approximate surface area is 170 Å². The molecule has 29 heavy (non-hydrogen) atoms. The highest BCUT2D eigenvalue weighted by Crippen LogP contribution is 2.31. The van der Waals surface area contributed by atoms with Crippen LogP contribution in [-0.4, -0.2) is 38.3 Å². The smallest absolute Gasteiger partial charge is 0.256 e. The topological polar surface area (TPSA) is 75.7 Å². The van der Waals surface area contributed by atoms with Crippen LogP contribution in [0.3, 0.4) is 0 Å². The largest absolute Gasteiger partial charge is 0.492 e. The predicted octanol–water partition coefficient (Wildman–Crippen LogP) is 3.96. The van der Waals surface area contributed by atoms with Gasteiger partial charge in [-0.3, -0.25) is 4.79 Å². The van der Waals surface area contributed by atoms with Crippen LogP contribution in [0.25, 0.3) is 0 Å². The molecule has 1 N–H and O–H groups in total. The molecule has 8 heteroatoms. The van der Waals surface area contributed by atoms with E-state index < -0.39 is 21.7 Å². The maximum Gasteiger partial charge on any atom is 0.256 e. The number of halogens is 1. The summed E-state index contributed by atoms with van der Waals surface area (Å²) in [6, 6.07) is 8.38. The van der Waals surface area contributed by atoms with Crippen molar-refractivity contribution >= 4 is 21.6 Å². The highest BCUT2D eigenvalue weighted by atomic mass is 32.2. The van der Waals surface area contributed by atoms with Crippen molar-refractivity contribution in [3.63, 3.8) is 0 Å². The van der Waals surface area contributed by atoms with E-state index in [0.717, 1.165) is 25.3 Å². The van der Waals surface area contributed by atoms with E-state index in [-0.39, 0.29) is 16.1 Å². The zero-order valence-corrected chi connectivity index (χ0v) is 17.4. The molecule has 1 saturated heterocycles. The first-order valence-corrected chi connectivity index (χ1v) is 11.1. The van der Waals surface area contributed by atoms with Crippen molar-refractivity contribution < 1.29 is 22.3 Å². The van der Waals surface area contributed by atoms with Crippen molar-refractivity contribution in [2.24, 2.45) is 0 Å². The van der Waals surface area contributed by atoms with Crippen molar-refractivity contribution in [3.8, 4) is 5.75 Å². The number of aryl methyl sites for hydroxylation is 1. The van der Waals surface area contributed by atoms with Crippen LogP contribution in [0.2, 0.25) is 0 Å². The molecule has 1 amide bonds. The number of ether oxygens (including phenoxy) is 1. The molecule has 3 rings (SSSR count). The third-order valence-electron chi connectivity index (χ3n) is 4.90. The first-order valence-electron chi connectivity index (χ1n) is 9.67. The van der Waals surface area contributed by atoms with Gasteiger partial charge in [0.2, 0.25) is 10.0 Å². The Bertz CT molecular complexity index is 1000. The Balaban J connectivity index is 1.95. The molecule has 0 unspecified atom stereocenters. The number of carbonyl (C=O) groups excluding carboxylic acids is 1. The number of hydrogen-bond acceptors (Lipinski definition) is 4. The number of nitrogens with zero attached hydrogens (tertiary/aromatic N) is 1. The third kappa shape index (κ3) is 4.76. The van der Waals surface area contributed by atoms with Crippen LogP contribution in [-0.2, 0) is 10.0 Å². The molecule has 0 saturated carbocycles. The van der Waals surface area contributed by atoms with E-state index in [9.17, 15) is 17.6 Å². The third-order valence-corrected chi connectivity index (χ3v) is 6.79. The number of benzene rings is 2. The fourth-order valence-electron chi connectivity index (χ4n) is 3.33. The number of anilines is 1. The van der Waals surface area contributed by atoms with E-state index in [1.165, 1.54) is 34.6 Å². The summed E-state index contributed by atoms with van der Waals surface area (Å²) >= 11 is 0. The zero-order valence-electron chi connectivity index (χ0n) is 16.6. The van der Waals surface area contributed by atoms with Crippen LogP contribution in [0.15, 0.2) is 41.3 Å². The number of amides is 1. The maximum atomic E-state index is 13.6. The molecule has 1 aliphatic rings. The van der Waals surface area contributed by atoms with Gasteiger partial charge in [0.15, 0.2) is 0 Å². The molecule has 1 fully saturated rings. The van der Waals surface area contributed by atoms with Gasteiger partial charge in [-0.1, -0.05) is 12.5 Å². The van der Waals surface area contributed by atoms with Gasteiger partial charge in [0.25, 0.3) is 5.91 Å². The Morgan fingerprint density at radius 3 is 2.55 bits per heavy atom. The van der Waals surface area contributed by atoms with Gasteiger partial charge in [0, 0.05) is 18.7 Å². The maximum absolute atomic E-state index is 13.6. The van der Waals surface area contributed by atoms with Crippen molar-refractivity contribution in [2.45, 2.75) is 38.0 Å². The summed E-state index contributed by atoms with van der Waals surface area (Å²) < 4.78 is 46.6. The Morgan fingerprint density at radius 1 is 1.14 bits per heavy atom. The summed E-state index contributed by atoms with van der Waals surface area (Å²) in [5.74, 6) is -0.699. The van der Waals surface area contributed by atoms with E-state index in [0.29, 0.717) is 31.0 Å². The lowest BCUT2D eigenvalue weighted by atomic mass is 10.1. The van der Waals surface area contributed by atoms with Gasteiger partial charge in [-0.25, -0.2) is 12.8 Å².